The van der Waals surface area contributed by atoms with E-state index in [2.05, 4.69) is 5.10 Å². The lowest BCUT2D eigenvalue weighted by Crippen LogP contribution is -2.08. The number of carbonyl (C=O) groups excluding carboxylic acids is 1. The van der Waals surface area contributed by atoms with E-state index in [1.807, 2.05) is 5.10 Å². The second-order valence-electron chi connectivity index (χ2n) is 3.96. The number of H-pyrrole nitrogens is 1. The van der Waals surface area contributed by atoms with Crippen LogP contribution in [0.15, 0.2) is 30.5 Å². The number of hydrogen-bond acceptors (Lipinski definition) is 3. The van der Waals surface area contributed by atoms with Crippen LogP contribution in [0, 0.1) is 0 Å². The normalized spacial score (nSPS) is 11.4. The molecule has 0 aliphatic heterocycles. The molecule has 0 saturated heterocycles. The summed E-state index contributed by atoms with van der Waals surface area (Å²) in [6.45, 7) is 1.85. The van der Waals surface area contributed by atoms with Gasteiger partial charge in [-0.3, -0.25) is 5.10 Å². The highest BCUT2D eigenvalue weighted by atomic mass is 19.4. The summed E-state index contributed by atoms with van der Waals surface area (Å²) < 4.78 is 43.2. The van der Waals surface area contributed by atoms with Gasteiger partial charge in [-0.15, -0.1) is 0 Å². The van der Waals surface area contributed by atoms with Crippen LogP contribution in [0.1, 0.15) is 23.0 Å². The lowest BCUT2D eigenvalue weighted by molar-refractivity contribution is -0.140. The largest absolute Gasteiger partial charge is 0.462 e. The van der Waals surface area contributed by atoms with Crippen LogP contribution >= 0.6 is 0 Å². The Morgan fingerprint density at radius 1 is 1.40 bits per heavy atom. The number of benzene rings is 1. The maximum atomic E-state index is 12.8. The van der Waals surface area contributed by atoms with Gasteiger partial charge in [-0.05, 0) is 24.6 Å². The Kier molecular flexibility index (Phi) is 3.78. The molecule has 0 radical (unpaired) electrons. The fraction of sp³-hybridized carbons (Fsp3) is 0.231. The van der Waals surface area contributed by atoms with Crippen LogP contribution in [0.2, 0.25) is 0 Å². The first-order valence-electron chi connectivity index (χ1n) is 5.81. The van der Waals surface area contributed by atoms with Gasteiger partial charge in [0.25, 0.3) is 0 Å². The predicted molar refractivity (Wildman–Crippen MR) is 65.0 cm³/mol. The molecular formula is C13H11F3N2O2. The Morgan fingerprint density at radius 3 is 2.80 bits per heavy atom. The Balaban J connectivity index is 2.42. The summed E-state index contributed by atoms with van der Waals surface area (Å²) in [6.07, 6.45) is -3.46. The van der Waals surface area contributed by atoms with E-state index in [-0.39, 0.29) is 23.3 Å². The molecule has 2 rings (SSSR count). The van der Waals surface area contributed by atoms with Crippen molar-refractivity contribution in [1.29, 1.82) is 0 Å². The number of aromatic amines is 1. The Morgan fingerprint density at radius 2 is 2.15 bits per heavy atom. The van der Waals surface area contributed by atoms with Crippen LogP contribution in [0.25, 0.3) is 11.1 Å². The molecule has 0 unspecified atom stereocenters. The summed E-state index contributed by atoms with van der Waals surface area (Å²) in [7, 11) is 0. The molecule has 1 aromatic carbocycles. The number of aromatic nitrogens is 2. The molecule has 0 aliphatic rings. The Hall–Kier alpha value is -2.31. The quantitative estimate of drug-likeness (QED) is 0.880. The molecular weight excluding hydrogens is 273 g/mol. The molecule has 1 N–H and O–H groups in total. The van der Waals surface area contributed by atoms with E-state index in [9.17, 15) is 18.0 Å². The van der Waals surface area contributed by atoms with Crippen molar-refractivity contribution in [1.82, 2.24) is 10.2 Å². The van der Waals surface area contributed by atoms with Gasteiger partial charge in [0.05, 0.1) is 18.4 Å². The number of ether oxygens (including phenoxy) is 1. The Bertz CT molecular complexity index is 620. The highest BCUT2D eigenvalue weighted by Gasteiger charge is 2.35. The average molecular weight is 284 g/mol. The zero-order valence-corrected chi connectivity index (χ0v) is 10.5. The molecule has 7 heteroatoms. The number of hydrogen-bond donors (Lipinski definition) is 1. The first kappa shape index (κ1) is 14.1. The van der Waals surface area contributed by atoms with Crippen LogP contribution in [0.3, 0.4) is 0 Å². The van der Waals surface area contributed by atoms with E-state index in [4.69, 9.17) is 4.74 Å². The fourth-order valence-electron chi connectivity index (χ4n) is 1.75. The summed E-state index contributed by atoms with van der Waals surface area (Å²) in [5, 5.41) is 5.34. The highest BCUT2D eigenvalue weighted by Crippen LogP contribution is 2.35. The van der Waals surface area contributed by atoms with Crippen molar-refractivity contribution in [3.63, 3.8) is 0 Å². The maximum Gasteiger partial charge on any atom is 0.433 e. The third-order valence-electron chi connectivity index (χ3n) is 2.61. The lowest BCUT2D eigenvalue weighted by Gasteiger charge is -2.08. The van der Waals surface area contributed by atoms with E-state index in [1.54, 1.807) is 6.92 Å². The van der Waals surface area contributed by atoms with Crippen molar-refractivity contribution in [3.8, 4) is 11.1 Å². The monoisotopic (exact) mass is 284 g/mol. The molecule has 0 saturated carbocycles. The van der Waals surface area contributed by atoms with E-state index in [0.717, 1.165) is 6.20 Å². The van der Waals surface area contributed by atoms with Crippen molar-refractivity contribution in [2.75, 3.05) is 6.61 Å². The van der Waals surface area contributed by atoms with Gasteiger partial charge in [-0.25, -0.2) is 4.79 Å². The standard InChI is InChI=1S/C13H11F3N2O2/c1-2-20-12(19)9-5-3-4-8(6-9)10-7-17-18-11(10)13(14,15)16/h3-7H,2H2,1H3,(H,17,18). The second-order valence-corrected chi connectivity index (χ2v) is 3.96. The number of alkyl halides is 3. The number of halogens is 3. The van der Waals surface area contributed by atoms with Gasteiger partial charge >= 0.3 is 12.1 Å². The molecule has 0 fully saturated rings. The number of rotatable bonds is 3. The van der Waals surface area contributed by atoms with Crippen molar-refractivity contribution in [3.05, 3.63) is 41.7 Å². The van der Waals surface area contributed by atoms with Crippen LogP contribution in [-0.4, -0.2) is 22.8 Å². The topological polar surface area (TPSA) is 55.0 Å². The number of nitrogens with one attached hydrogen (secondary N) is 1. The molecule has 0 atom stereocenters. The second kappa shape index (κ2) is 5.36. The summed E-state index contributed by atoms with van der Waals surface area (Å²) in [5.74, 6) is -0.577. The molecule has 4 nitrogen and oxygen atoms in total. The molecule has 1 aromatic heterocycles. The van der Waals surface area contributed by atoms with Crippen LogP contribution in [0.4, 0.5) is 13.2 Å². The molecule has 20 heavy (non-hydrogen) atoms. The summed E-state index contributed by atoms with van der Waals surface area (Å²) >= 11 is 0. The fourth-order valence-corrected chi connectivity index (χ4v) is 1.75. The number of carbonyl (C=O) groups is 1. The summed E-state index contributed by atoms with van der Waals surface area (Å²) in [5.41, 5.74) is -0.613. The van der Waals surface area contributed by atoms with Gasteiger partial charge in [0.15, 0.2) is 0 Å². The van der Waals surface area contributed by atoms with E-state index in [0.29, 0.717) is 0 Å². The molecule has 2 aromatic rings. The first-order chi connectivity index (χ1) is 9.43. The summed E-state index contributed by atoms with van der Waals surface area (Å²) in [4.78, 5) is 11.6. The minimum absolute atomic E-state index is 0.108. The minimum atomic E-state index is -4.54. The molecule has 0 aliphatic carbocycles. The zero-order chi connectivity index (χ0) is 14.8. The minimum Gasteiger partial charge on any atom is -0.462 e. The molecule has 0 spiro atoms. The van der Waals surface area contributed by atoms with Gasteiger partial charge in [0.2, 0.25) is 0 Å². The van der Waals surface area contributed by atoms with Crippen LogP contribution in [-0.2, 0) is 10.9 Å². The van der Waals surface area contributed by atoms with Gasteiger partial charge < -0.3 is 4.74 Å². The zero-order valence-electron chi connectivity index (χ0n) is 10.5. The van der Waals surface area contributed by atoms with Crippen molar-refractivity contribution in [2.45, 2.75) is 13.1 Å². The summed E-state index contributed by atoms with van der Waals surface area (Å²) in [6, 6.07) is 5.80. The van der Waals surface area contributed by atoms with Gasteiger partial charge in [-0.2, -0.15) is 18.3 Å². The third kappa shape index (κ3) is 2.81. The van der Waals surface area contributed by atoms with Crippen molar-refractivity contribution in [2.24, 2.45) is 0 Å². The SMILES string of the molecule is CCOC(=O)c1cccc(-c2cn[nH]c2C(F)(F)F)c1. The molecule has 106 valence electrons. The van der Waals surface area contributed by atoms with Crippen molar-refractivity contribution < 1.29 is 22.7 Å². The van der Waals surface area contributed by atoms with E-state index in [1.165, 1.54) is 24.3 Å². The third-order valence-corrected chi connectivity index (χ3v) is 2.61. The average Bonchev–Trinajstić information content (AvgIpc) is 2.88. The van der Waals surface area contributed by atoms with Gasteiger partial charge in [0.1, 0.15) is 5.69 Å². The van der Waals surface area contributed by atoms with E-state index >= 15 is 0 Å². The van der Waals surface area contributed by atoms with Crippen LogP contribution < -0.4 is 0 Å². The molecule has 0 amide bonds. The van der Waals surface area contributed by atoms with E-state index < -0.39 is 17.8 Å². The lowest BCUT2D eigenvalue weighted by atomic mass is 10.0. The smallest absolute Gasteiger partial charge is 0.433 e. The van der Waals surface area contributed by atoms with Crippen molar-refractivity contribution >= 4 is 5.97 Å². The first-order valence-corrected chi connectivity index (χ1v) is 5.81. The highest BCUT2D eigenvalue weighted by molar-refractivity contribution is 5.91. The predicted octanol–water partition coefficient (Wildman–Crippen LogP) is 3.27. The molecule has 1 heterocycles. The maximum absolute atomic E-state index is 12.8. The number of nitrogens with zero attached hydrogens (tertiary/aromatic N) is 1. The molecule has 0 bridgehead atoms. The number of esters is 1. The van der Waals surface area contributed by atoms with Crippen LogP contribution in [0.5, 0.6) is 0 Å². The van der Waals surface area contributed by atoms with Gasteiger partial charge in [0, 0.05) is 5.56 Å². The Labute approximate surface area is 112 Å². The van der Waals surface area contributed by atoms with Gasteiger partial charge in [-0.1, -0.05) is 12.1 Å².